The van der Waals surface area contributed by atoms with E-state index in [1.807, 2.05) is 6.07 Å². The van der Waals surface area contributed by atoms with Crippen LogP contribution in [0.15, 0.2) is 47.4 Å². The molecule has 0 fully saturated rings. The number of sulfone groups is 1. The van der Waals surface area contributed by atoms with Crippen molar-refractivity contribution >= 4 is 20.9 Å². The Hall–Kier alpha value is -2.34. The number of rotatable bonds is 2. The van der Waals surface area contributed by atoms with Gasteiger partial charge in [-0.2, -0.15) is 0 Å². The van der Waals surface area contributed by atoms with Gasteiger partial charge >= 0.3 is 0 Å². The van der Waals surface area contributed by atoms with E-state index < -0.39 is 9.84 Å². The molecule has 1 aromatic heterocycles. The molecule has 5 nitrogen and oxygen atoms in total. The number of imidazole rings is 1. The summed E-state index contributed by atoms with van der Waals surface area (Å²) in [5.41, 5.74) is 2.06. The second-order valence-corrected chi connectivity index (χ2v) is 6.60. The van der Waals surface area contributed by atoms with Gasteiger partial charge in [-0.3, -0.25) is 0 Å². The minimum atomic E-state index is -3.24. The molecule has 1 heterocycles. The molecule has 0 aliphatic carbocycles. The van der Waals surface area contributed by atoms with Gasteiger partial charge in [0, 0.05) is 11.8 Å². The van der Waals surface area contributed by atoms with Crippen molar-refractivity contribution in [3.63, 3.8) is 0 Å². The maximum absolute atomic E-state index is 11.5. The summed E-state index contributed by atoms with van der Waals surface area (Å²) in [6.07, 6.45) is 1.17. The van der Waals surface area contributed by atoms with Gasteiger partial charge < -0.3 is 10.1 Å². The molecule has 3 rings (SSSR count). The second-order valence-electron chi connectivity index (χ2n) is 4.59. The number of benzene rings is 2. The first kappa shape index (κ1) is 12.7. The Kier molecular flexibility index (Phi) is 2.76. The van der Waals surface area contributed by atoms with E-state index in [-0.39, 0.29) is 10.6 Å². The zero-order valence-electron chi connectivity index (χ0n) is 10.7. The molecular formula is C14H12N2O3S. The van der Waals surface area contributed by atoms with E-state index >= 15 is 0 Å². The van der Waals surface area contributed by atoms with E-state index in [1.54, 1.807) is 30.3 Å². The summed E-state index contributed by atoms with van der Waals surface area (Å²) >= 11 is 0. The molecule has 2 aromatic carbocycles. The Labute approximate surface area is 115 Å². The molecule has 0 spiro atoms. The lowest BCUT2D eigenvalue weighted by Crippen LogP contribution is -1.96. The summed E-state index contributed by atoms with van der Waals surface area (Å²) in [4.78, 5) is 7.70. The first-order chi connectivity index (χ1) is 9.43. The second kappa shape index (κ2) is 4.35. The van der Waals surface area contributed by atoms with Gasteiger partial charge in [0.15, 0.2) is 9.84 Å². The number of hydrogen-bond donors (Lipinski definition) is 2. The van der Waals surface area contributed by atoms with Crippen molar-refractivity contribution in [3.8, 4) is 17.1 Å². The number of fused-ring (bicyclic) bond motifs is 1. The Morgan fingerprint density at radius 2 is 1.95 bits per heavy atom. The van der Waals surface area contributed by atoms with Crippen LogP contribution in [-0.2, 0) is 9.84 Å². The van der Waals surface area contributed by atoms with Crippen molar-refractivity contribution in [1.82, 2.24) is 9.97 Å². The first-order valence-electron chi connectivity index (χ1n) is 5.93. The van der Waals surface area contributed by atoms with Crippen LogP contribution in [0.5, 0.6) is 5.75 Å². The third-order valence-electron chi connectivity index (χ3n) is 3.00. The number of aromatic hydroxyl groups is 1. The van der Waals surface area contributed by atoms with Gasteiger partial charge in [0.2, 0.25) is 0 Å². The van der Waals surface area contributed by atoms with Gasteiger partial charge in [0.05, 0.1) is 15.9 Å². The number of nitrogens with one attached hydrogen (secondary N) is 1. The SMILES string of the molecule is CS(=O)(=O)c1ccc2nc(-c3cccc(O)c3)[nH]c2c1. The number of aromatic nitrogens is 2. The number of H-pyrrole nitrogens is 1. The van der Waals surface area contributed by atoms with Gasteiger partial charge in [0.1, 0.15) is 11.6 Å². The van der Waals surface area contributed by atoms with Crippen LogP contribution in [0.2, 0.25) is 0 Å². The normalized spacial score (nSPS) is 11.8. The van der Waals surface area contributed by atoms with Gasteiger partial charge in [-0.05, 0) is 30.3 Å². The molecule has 3 aromatic rings. The predicted octanol–water partition coefficient (Wildman–Crippen LogP) is 2.34. The van der Waals surface area contributed by atoms with Crippen LogP contribution in [0.4, 0.5) is 0 Å². The van der Waals surface area contributed by atoms with E-state index in [0.717, 1.165) is 5.56 Å². The molecule has 0 bridgehead atoms. The molecule has 0 amide bonds. The van der Waals surface area contributed by atoms with Crippen LogP contribution < -0.4 is 0 Å². The van der Waals surface area contributed by atoms with Gasteiger partial charge in [-0.25, -0.2) is 13.4 Å². The van der Waals surface area contributed by atoms with Gasteiger partial charge in [-0.1, -0.05) is 12.1 Å². The Bertz CT molecular complexity index is 898. The molecule has 102 valence electrons. The van der Waals surface area contributed by atoms with Crippen LogP contribution in [0, 0.1) is 0 Å². The minimum absolute atomic E-state index is 0.153. The molecule has 0 aliphatic heterocycles. The zero-order chi connectivity index (χ0) is 14.3. The molecule has 0 radical (unpaired) electrons. The summed E-state index contributed by atoms with van der Waals surface area (Å²) < 4.78 is 23.1. The smallest absolute Gasteiger partial charge is 0.175 e. The molecule has 0 unspecified atom stereocenters. The minimum Gasteiger partial charge on any atom is -0.508 e. The lowest BCUT2D eigenvalue weighted by molar-refractivity contribution is 0.475. The van der Waals surface area contributed by atoms with Crippen LogP contribution in [0.1, 0.15) is 0 Å². The van der Waals surface area contributed by atoms with E-state index in [4.69, 9.17) is 0 Å². The Morgan fingerprint density at radius 1 is 1.15 bits per heavy atom. The lowest BCUT2D eigenvalue weighted by Gasteiger charge is -1.97. The molecule has 20 heavy (non-hydrogen) atoms. The van der Waals surface area contributed by atoms with E-state index in [9.17, 15) is 13.5 Å². The van der Waals surface area contributed by atoms with Gasteiger partial charge in [0.25, 0.3) is 0 Å². The fourth-order valence-corrected chi connectivity index (χ4v) is 2.66. The lowest BCUT2D eigenvalue weighted by atomic mass is 10.2. The average Bonchev–Trinajstić information content (AvgIpc) is 2.80. The number of aromatic amines is 1. The van der Waals surface area contributed by atoms with Crippen molar-refractivity contribution in [2.45, 2.75) is 4.90 Å². The number of nitrogens with zero attached hydrogens (tertiary/aromatic N) is 1. The highest BCUT2D eigenvalue weighted by Gasteiger charge is 2.11. The number of hydrogen-bond acceptors (Lipinski definition) is 4. The van der Waals surface area contributed by atoms with Crippen molar-refractivity contribution in [2.75, 3.05) is 6.26 Å². The standard InChI is InChI=1S/C14H12N2O3S/c1-20(18,19)11-5-6-12-13(8-11)16-14(15-12)9-3-2-4-10(17)7-9/h2-8,17H,1H3,(H,15,16). The number of phenols is 1. The Morgan fingerprint density at radius 3 is 2.65 bits per heavy atom. The fourth-order valence-electron chi connectivity index (χ4n) is 2.01. The largest absolute Gasteiger partial charge is 0.508 e. The molecule has 6 heteroatoms. The summed E-state index contributed by atoms with van der Waals surface area (Å²) in [5.74, 6) is 0.737. The van der Waals surface area contributed by atoms with Crippen molar-refractivity contribution in [2.24, 2.45) is 0 Å². The molecular weight excluding hydrogens is 276 g/mol. The summed E-state index contributed by atoms with van der Waals surface area (Å²) in [5, 5.41) is 9.48. The highest BCUT2D eigenvalue weighted by molar-refractivity contribution is 7.90. The third-order valence-corrected chi connectivity index (χ3v) is 4.11. The van der Waals surface area contributed by atoms with E-state index in [1.165, 1.54) is 12.3 Å². The van der Waals surface area contributed by atoms with E-state index in [0.29, 0.717) is 16.9 Å². The summed E-state index contributed by atoms with van der Waals surface area (Å²) in [7, 11) is -3.24. The van der Waals surface area contributed by atoms with Crippen LogP contribution in [0.3, 0.4) is 0 Å². The average molecular weight is 288 g/mol. The molecule has 0 atom stereocenters. The maximum Gasteiger partial charge on any atom is 0.175 e. The topological polar surface area (TPSA) is 83.1 Å². The molecule has 0 saturated heterocycles. The number of phenolic OH excluding ortho intramolecular Hbond substituents is 1. The molecule has 0 aliphatic rings. The predicted molar refractivity (Wildman–Crippen MR) is 76.3 cm³/mol. The summed E-state index contributed by atoms with van der Waals surface area (Å²) in [6.45, 7) is 0. The van der Waals surface area contributed by atoms with E-state index in [2.05, 4.69) is 9.97 Å². The van der Waals surface area contributed by atoms with Crippen LogP contribution >= 0.6 is 0 Å². The van der Waals surface area contributed by atoms with Crippen LogP contribution in [-0.4, -0.2) is 29.7 Å². The quantitative estimate of drug-likeness (QED) is 0.758. The molecule has 0 saturated carbocycles. The molecule has 2 N–H and O–H groups in total. The maximum atomic E-state index is 11.5. The highest BCUT2D eigenvalue weighted by Crippen LogP contribution is 2.24. The Balaban J connectivity index is 2.16. The summed E-state index contributed by atoms with van der Waals surface area (Å²) in [6, 6.07) is 11.5. The van der Waals surface area contributed by atoms with Crippen molar-refractivity contribution < 1.29 is 13.5 Å². The van der Waals surface area contributed by atoms with Crippen molar-refractivity contribution in [3.05, 3.63) is 42.5 Å². The van der Waals surface area contributed by atoms with Crippen molar-refractivity contribution in [1.29, 1.82) is 0 Å². The van der Waals surface area contributed by atoms with Crippen LogP contribution in [0.25, 0.3) is 22.4 Å². The van der Waals surface area contributed by atoms with Gasteiger partial charge in [-0.15, -0.1) is 0 Å². The highest BCUT2D eigenvalue weighted by atomic mass is 32.2. The first-order valence-corrected chi connectivity index (χ1v) is 7.82. The monoisotopic (exact) mass is 288 g/mol. The third kappa shape index (κ3) is 2.25. The fraction of sp³-hybridized carbons (Fsp3) is 0.0714. The zero-order valence-corrected chi connectivity index (χ0v) is 11.5.